The van der Waals surface area contributed by atoms with Crippen molar-refractivity contribution in [3.05, 3.63) is 23.8 Å². The molecule has 0 spiro atoms. The number of aromatic amines is 1. The van der Waals surface area contributed by atoms with E-state index in [1.807, 2.05) is 0 Å². The van der Waals surface area contributed by atoms with Crippen LogP contribution >= 0.6 is 0 Å². The lowest BCUT2D eigenvalue weighted by atomic mass is 10.1. The van der Waals surface area contributed by atoms with Crippen LogP contribution < -0.4 is 0 Å². The first-order valence-corrected chi connectivity index (χ1v) is 3.70. The number of hydrogen-bond donors (Lipinski definition) is 2. The molecule has 0 aliphatic heterocycles. The maximum Gasteiger partial charge on any atom is 0.194 e. The number of aromatic nitrogens is 1. The number of aryl methyl sites for hydroxylation is 1. The normalized spacial score (nSPS) is 13.4. The predicted molar refractivity (Wildman–Crippen MR) is 40.8 cm³/mol. The van der Waals surface area contributed by atoms with E-state index in [9.17, 15) is 4.39 Å². The highest BCUT2D eigenvalue weighted by atomic mass is 19.1. The molecule has 1 rings (SSSR count). The van der Waals surface area contributed by atoms with E-state index in [1.165, 1.54) is 0 Å². The van der Waals surface area contributed by atoms with Crippen molar-refractivity contribution in [2.24, 2.45) is 0 Å². The van der Waals surface area contributed by atoms with Gasteiger partial charge in [-0.05, 0) is 25.8 Å². The average molecular weight is 157 g/mol. The molecule has 0 saturated heterocycles. The van der Waals surface area contributed by atoms with Crippen molar-refractivity contribution in [3.8, 4) is 0 Å². The molecule has 0 aromatic carbocycles. The lowest BCUT2D eigenvalue weighted by molar-refractivity contribution is 0.184. The van der Waals surface area contributed by atoms with Crippen LogP contribution in [0.4, 0.5) is 4.39 Å². The first-order valence-electron chi connectivity index (χ1n) is 3.70. The van der Waals surface area contributed by atoms with Crippen molar-refractivity contribution < 1.29 is 9.50 Å². The van der Waals surface area contributed by atoms with Gasteiger partial charge >= 0.3 is 0 Å². The summed E-state index contributed by atoms with van der Waals surface area (Å²) in [4.78, 5) is 2.44. The van der Waals surface area contributed by atoms with Gasteiger partial charge in [-0.1, -0.05) is 0 Å². The Bertz CT molecular complexity index is 220. The molecule has 0 bridgehead atoms. The van der Waals surface area contributed by atoms with Gasteiger partial charge in [0.2, 0.25) is 0 Å². The molecule has 1 aromatic rings. The number of H-pyrrole nitrogens is 1. The van der Waals surface area contributed by atoms with Gasteiger partial charge in [-0.25, -0.2) is 0 Å². The van der Waals surface area contributed by atoms with Crippen molar-refractivity contribution in [1.82, 2.24) is 4.98 Å². The molecule has 0 fully saturated rings. The van der Waals surface area contributed by atoms with E-state index < -0.39 is 0 Å². The Morgan fingerprint density at radius 3 is 2.91 bits per heavy atom. The van der Waals surface area contributed by atoms with Crippen molar-refractivity contribution in [3.63, 3.8) is 0 Å². The molecule has 62 valence electrons. The average Bonchev–Trinajstić information content (AvgIpc) is 2.31. The highest BCUT2D eigenvalue weighted by Crippen LogP contribution is 2.08. The van der Waals surface area contributed by atoms with Gasteiger partial charge in [0.15, 0.2) is 5.95 Å². The molecule has 0 radical (unpaired) electrons. The Hall–Kier alpha value is -0.830. The molecule has 1 aromatic heterocycles. The maximum atomic E-state index is 12.7. The van der Waals surface area contributed by atoms with Crippen LogP contribution in [0, 0.1) is 5.95 Å². The SMILES string of the molecule is CC(O)CCc1cc[nH]c1F. The molecule has 1 atom stereocenters. The molecular formula is C8H12FNO. The van der Waals surface area contributed by atoms with Gasteiger partial charge in [-0.3, -0.25) is 0 Å². The summed E-state index contributed by atoms with van der Waals surface area (Å²) in [5.74, 6) is -0.286. The van der Waals surface area contributed by atoms with Crippen molar-refractivity contribution in [1.29, 1.82) is 0 Å². The number of nitrogens with one attached hydrogen (secondary N) is 1. The molecule has 0 aliphatic rings. The molecule has 0 aliphatic carbocycles. The topological polar surface area (TPSA) is 36.0 Å². The molecule has 11 heavy (non-hydrogen) atoms. The summed E-state index contributed by atoms with van der Waals surface area (Å²) in [5, 5.41) is 8.91. The molecule has 0 saturated carbocycles. The van der Waals surface area contributed by atoms with Crippen LogP contribution in [0.5, 0.6) is 0 Å². The number of aliphatic hydroxyl groups is 1. The first kappa shape index (κ1) is 8.27. The highest BCUT2D eigenvalue weighted by molar-refractivity contribution is 5.10. The Morgan fingerprint density at radius 1 is 1.73 bits per heavy atom. The van der Waals surface area contributed by atoms with Gasteiger partial charge in [0.25, 0.3) is 0 Å². The summed E-state index contributed by atoms with van der Waals surface area (Å²) in [7, 11) is 0. The van der Waals surface area contributed by atoms with E-state index in [1.54, 1.807) is 19.2 Å². The van der Waals surface area contributed by atoms with Crippen LogP contribution in [0.25, 0.3) is 0 Å². The lowest BCUT2D eigenvalue weighted by Gasteiger charge is -2.00. The minimum atomic E-state index is -0.357. The molecular weight excluding hydrogens is 145 g/mol. The van der Waals surface area contributed by atoms with Crippen molar-refractivity contribution in [2.75, 3.05) is 0 Å². The van der Waals surface area contributed by atoms with E-state index in [4.69, 9.17) is 5.11 Å². The number of rotatable bonds is 3. The van der Waals surface area contributed by atoms with Gasteiger partial charge in [0.05, 0.1) is 6.10 Å². The third-order valence-corrected chi connectivity index (χ3v) is 1.61. The number of hydrogen-bond acceptors (Lipinski definition) is 1. The Kier molecular flexibility index (Phi) is 2.65. The van der Waals surface area contributed by atoms with E-state index >= 15 is 0 Å². The maximum absolute atomic E-state index is 12.7. The zero-order valence-corrected chi connectivity index (χ0v) is 6.47. The first-order chi connectivity index (χ1) is 5.20. The van der Waals surface area contributed by atoms with Crippen molar-refractivity contribution >= 4 is 0 Å². The number of aliphatic hydroxyl groups excluding tert-OH is 1. The summed E-state index contributed by atoms with van der Waals surface area (Å²) in [6, 6.07) is 1.69. The third kappa shape index (κ3) is 2.35. The number of halogens is 1. The molecule has 0 amide bonds. The molecule has 2 nitrogen and oxygen atoms in total. The van der Waals surface area contributed by atoms with E-state index in [0.29, 0.717) is 18.4 Å². The fraction of sp³-hybridized carbons (Fsp3) is 0.500. The Morgan fingerprint density at radius 2 is 2.45 bits per heavy atom. The zero-order valence-electron chi connectivity index (χ0n) is 6.47. The second-order valence-electron chi connectivity index (χ2n) is 2.70. The van der Waals surface area contributed by atoms with Gasteiger partial charge in [0, 0.05) is 11.8 Å². The predicted octanol–water partition coefficient (Wildman–Crippen LogP) is 1.47. The zero-order chi connectivity index (χ0) is 8.27. The fourth-order valence-electron chi connectivity index (χ4n) is 0.939. The van der Waals surface area contributed by atoms with Crippen LogP contribution in [-0.4, -0.2) is 16.2 Å². The molecule has 2 N–H and O–H groups in total. The van der Waals surface area contributed by atoms with Gasteiger partial charge in [0.1, 0.15) is 0 Å². The standard InChI is InChI=1S/C8H12FNO/c1-6(11)2-3-7-4-5-10-8(7)9/h4-6,10-11H,2-3H2,1H3. The third-order valence-electron chi connectivity index (χ3n) is 1.61. The highest BCUT2D eigenvalue weighted by Gasteiger charge is 2.03. The Balaban J connectivity index is 2.44. The van der Waals surface area contributed by atoms with E-state index in [-0.39, 0.29) is 12.1 Å². The van der Waals surface area contributed by atoms with Gasteiger partial charge in [-0.2, -0.15) is 4.39 Å². The monoisotopic (exact) mass is 157 g/mol. The summed E-state index contributed by atoms with van der Waals surface area (Å²) in [6.45, 7) is 1.70. The Labute approximate surface area is 65.1 Å². The quantitative estimate of drug-likeness (QED) is 0.684. The minimum absolute atomic E-state index is 0.286. The second kappa shape index (κ2) is 3.53. The molecule has 1 unspecified atom stereocenters. The van der Waals surface area contributed by atoms with Crippen LogP contribution in [-0.2, 0) is 6.42 Å². The smallest absolute Gasteiger partial charge is 0.194 e. The van der Waals surface area contributed by atoms with Crippen LogP contribution in [0.2, 0.25) is 0 Å². The minimum Gasteiger partial charge on any atom is -0.393 e. The second-order valence-corrected chi connectivity index (χ2v) is 2.70. The van der Waals surface area contributed by atoms with Crippen molar-refractivity contribution in [2.45, 2.75) is 25.9 Å². The van der Waals surface area contributed by atoms with Crippen LogP contribution in [0.3, 0.4) is 0 Å². The fourth-order valence-corrected chi connectivity index (χ4v) is 0.939. The summed E-state index contributed by atoms with van der Waals surface area (Å²) in [6.07, 6.45) is 2.40. The van der Waals surface area contributed by atoms with E-state index in [0.717, 1.165) is 0 Å². The molecule has 1 heterocycles. The summed E-state index contributed by atoms with van der Waals surface area (Å²) < 4.78 is 12.7. The largest absolute Gasteiger partial charge is 0.393 e. The summed E-state index contributed by atoms with van der Waals surface area (Å²) >= 11 is 0. The molecule has 3 heteroatoms. The summed E-state index contributed by atoms with van der Waals surface area (Å²) in [5.41, 5.74) is 0.644. The van der Waals surface area contributed by atoms with Gasteiger partial charge < -0.3 is 10.1 Å². The van der Waals surface area contributed by atoms with E-state index in [2.05, 4.69) is 4.98 Å². The lowest BCUT2D eigenvalue weighted by Crippen LogP contribution is -2.01. The van der Waals surface area contributed by atoms with Crippen LogP contribution in [0.15, 0.2) is 12.3 Å². The van der Waals surface area contributed by atoms with Crippen LogP contribution in [0.1, 0.15) is 18.9 Å². The van der Waals surface area contributed by atoms with Gasteiger partial charge in [-0.15, -0.1) is 0 Å².